The van der Waals surface area contributed by atoms with Gasteiger partial charge in [-0.1, -0.05) is 44.2 Å². The number of phenolic OH excluding ortho intramolecular Hbond substituents is 1. The molecule has 0 spiro atoms. The van der Waals surface area contributed by atoms with Crippen LogP contribution in [-0.4, -0.2) is 10.9 Å². The molecule has 0 unspecified atom stereocenters. The number of aromatic hydroxyl groups is 1. The summed E-state index contributed by atoms with van der Waals surface area (Å²) in [5, 5.41) is 9.76. The molecule has 0 saturated heterocycles. The third-order valence-corrected chi connectivity index (χ3v) is 3.85. The number of phenols is 1. The zero-order valence-electron chi connectivity index (χ0n) is 11.6. The van der Waals surface area contributed by atoms with Gasteiger partial charge in [-0.05, 0) is 36.6 Å². The van der Waals surface area contributed by atoms with Crippen molar-refractivity contribution in [3.05, 3.63) is 35.4 Å². The van der Waals surface area contributed by atoms with E-state index in [0.29, 0.717) is 17.9 Å². The van der Waals surface area contributed by atoms with E-state index >= 15 is 0 Å². The molecule has 0 aromatic heterocycles. The second-order valence-corrected chi connectivity index (χ2v) is 5.57. The molecule has 1 aromatic rings. The van der Waals surface area contributed by atoms with Crippen LogP contribution in [0, 0.1) is 12.8 Å². The standard InChI is InChI=1S/C17H22O2/c1-13-7-8-15(17(19)11-13)9-10-16(18)12-14-5-3-2-4-6-14/h7-11,14,19H,2-6,12H2,1H3/b10-9+. The molecule has 2 rings (SSSR count). The fourth-order valence-electron chi connectivity index (χ4n) is 2.72. The van der Waals surface area contributed by atoms with E-state index in [1.807, 2.05) is 19.1 Å². The fraction of sp³-hybridized carbons (Fsp3) is 0.471. The van der Waals surface area contributed by atoms with Crippen LogP contribution in [0.4, 0.5) is 0 Å². The molecule has 0 radical (unpaired) electrons. The molecule has 0 heterocycles. The minimum Gasteiger partial charge on any atom is -0.507 e. The van der Waals surface area contributed by atoms with Crippen LogP contribution in [0.25, 0.3) is 6.08 Å². The summed E-state index contributed by atoms with van der Waals surface area (Å²) in [4.78, 5) is 11.9. The van der Waals surface area contributed by atoms with Gasteiger partial charge in [0, 0.05) is 12.0 Å². The highest BCUT2D eigenvalue weighted by molar-refractivity contribution is 5.94. The largest absolute Gasteiger partial charge is 0.507 e. The van der Waals surface area contributed by atoms with Crippen molar-refractivity contribution in [2.24, 2.45) is 5.92 Å². The zero-order valence-corrected chi connectivity index (χ0v) is 11.6. The SMILES string of the molecule is Cc1ccc(/C=C/C(=O)CC2CCCCC2)c(O)c1. The average Bonchev–Trinajstić information content (AvgIpc) is 2.39. The van der Waals surface area contributed by atoms with Crippen molar-refractivity contribution in [1.82, 2.24) is 0 Å². The quantitative estimate of drug-likeness (QED) is 0.820. The van der Waals surface area contributed by atoms with Crippen LogP contribution < -0.4 is 0 Å². The Morgan fingerprint density at radius 2 is 2.05 bits per heavy atom. The number of carbonyl (C=O) groups is 1. The Morgan fingerprint density at radius 1 is 1.32 bits per heavy atom. The minimum absolute atomic E-state index is 0.173. The predicted octanol–water partition coefficient (Wildman–Crippen LogP) is 4.25. The van der Waals surface area contributed by atoms with Crippen molar-refractivity contribution < 1.29 is 9.90 Å². The molecule has 1 aromatic carbocycles. The number of aryl methyl sites for hydroxylation is 1. The zero-order chi connectivity index (χ0) is 13.7. The van der Waals surface area contributed by atoms with Gasteiger partial charge in [0.2, 0.25) is 0 Å². The number of hydrogen-bond donors (Lipinski definition) is 1. The van der Waals surface area contributed by atoms with E-state index in [9.17, 15) is 9.90 Å². The monoisotopic (exact) mass is 258 g/mol. The highest BCUT2D eigenvalue weighted by Crippen LogP contribution is 2.27. The topological polar surface area (TPSA) is 37.3 Å². The van der Waals surface area contributed by atoms with Crippen LogP contribution in [0.5, 0.6) is 5.75 Å². The maximum atomic E-state index is 11.9. The van der Waals surface area contributed by atoms with Crippen molar-refractivity contribution in [1.29, 1.82) is 0 Å². The van der Waals surface area contributed by atoms with Crippen molar-refractivity contribution >= 4 is 11.9 Å². The first-order chi connectivity index (χ1) is 9.15. The summed E-state index contributed by atoms with van der Waals surface area (Å²) in [6.07, 6.45) is 10.2. The molecule has 1 aliphatic rings. The second kappa shape index (κ2) is 6.55. The molecule has 1 aliphatic carbocycles. The Labute approximate surface area is 115 Å². The molecule has 2 heteroatoms. The Bertz CT molecular complexity index is 468. The van der Waals surface area contributed by atoms with Crippen LogP contribution in [-0.2, 0) is 4.79 Å². The van der Waals surface area contributed by atoms with Gasteiger partial charge in [0.1, 0.15) is 5.75 Å². The van der Waals surface area contributed by atoms with Crippen LogP contribution in [0.15, 0.2) is 24.3 Å². The lowest BCUT2D eigenvalue weighted by Crippen LogP contribution is -2.10. The van der Waals surface area contributed by atoms with Crippen molar-refractivity contribution in [2.75, 3.05) is 0 Å². The lowest BCUT2D eigenvalue weighted by Gasteiger charge is -2.19. The first-order valence-corrected chi connectivity index (χ1v) is 7.15. The van der Waals surface area contributed by atoms with Gasteiger partial charge in [-0.25, -0.2) is 0 Å². The molecule has 1 saturated carbocycles. The van der Waals surface area contributed by atoms with E-state index in [0.717, 1.165) is 5.56 Å². The molecule has 1 fully saturated rings. The lowest BCUT2D eigenvalue weighted by atomic mass is 9.86. The Hall–Kier alpha value is -1.57. The summed E-state index contributed by atoms with van der Waals surface area (Å²) in [5.74, 6) is 0.978. The van der Waals surface area contributed by atoms with Crippen molar-refractivity contribution in [2.45, 2.75) is 45.4 Å². The van der Waals surface area contributed by atoms with E-state index in [2.05, 4.69) is 0 Å². The number of allylic oxidation sites excluding steroid dienone is 1. The second-order valence-electron chi connectivity index (χ2n) is 5.57. The number of carbonyl (C=O) groups excluding carboxylic acids is 1. The number of rotatable bonds is 4. The van der Waals surface area contributed by atoms with E-state index in [1.54, 1.807) is 18.2 Å². The van der Waals surface area contributed by atoms with Crippen molar-refractivity contribution in [3.63, 3.8) is 0 Å². The Morgan fingerprint density at radius 3 is 2.74 bits per heavy atom. The van der Waals surface area contributed by atoms with E-state index in [-0.39, 0.29) is 11.5 Å². The van der Waals surface area contributed by atoms with Crippen LogP contribution >= 0.6 is 0 Å². The first-order valence-electron chi connectivity index (χ1n) is 7.15. The smallest absolute Gasteiger partial charge is 0.155 e. The molecule has 102 valence electrons. The lowest BCUT2D eigenvalue weighted by molar-refractivity contribution is -0.115. The fourth-order valence-corrected chi connectivity index (χ4v) is 2.72. The third-order valence-electron chi connectivity index (χ3n) is 3.85. The molecule has 19 heavy (non-hydrogen) atoms. The minimum atomic E-state index is 0.173. The predicted molar refractivity (Wildman–Crippen MR) is 78.1 cm³/mol. The Kier molecular flexibility index (Phi) is 4.78. The van der Waals surface area contributed by atoms with Gasteiger partial charge in [0.05, 0.1) is 0 Å². The van der Waals surface area contributed by atoms with E-state index < -0.39 is 0 Å². The van der Waals surface area contributed by atoms with Crippen LogP contribution in [0.1, 0.15) is 49.7 Å². The van der Waals surface area contributed by atoms with Gasteiger partial charge in [-0.3, -0.25) is 4.79 Å². The van der Waals surface area contributed by atoms with Gasteiger partial charge in [-0.2, -0.15) is 0 Å². The van der Waals surface area contributed by atoms with E-state index in [4.69, 9.17) is 0 Å². The molecule has 0 atom stereocenters. The maximum absolute atomic E-state index is 11.9. The van der Waals surface area contributed by atoms with Crippen LogP contribution in [0.2, 0.25) is 0 Å². The van der Waals surface area contributed by atoms with Gasteiger partial charge >= 0.3 is 0 Å². The van der Waals surface area contributed by atoms with Gasteiger partial charge in [-0.15, -0.1) is 0 Å². The van der Waals surface area contributed by atoms with Crippen LogP contribution in [0.3, 0.4) is 0 Å². The maximum Gasteiger partial charge on any atom is 0.155 e. The highest BCUT2D eigenvalue weighted by atomic mass is 16.3. The highest BCUT2D eigenvalue weighted by Gasteiger charge is 2.15. The average molecular weight is 258 g/mol. The molecule has 0 aliphatic heterocycles. The van der Waals surface area contributed by atoms with Gasteiger partial charge < -0.3 is 5.11 Å². The molecular formula is C17H22O2. The summed E-state index contributed by atoms with van der Waals surface area (Å²) in [6, 6.07) is 5.49. The van der Waals surface area contributed by atoms with Gasteiger partial charge in [0.15, 0.2) is 5.78 Å². The Balaban J connectivity index is 1.92. The first kappa shape index (κ1) is 13.9. The van der Waals surface area contributed by atoms with Crippen molar-refractivity contribution in [3.8, 4) is 5.75 Å². The third kappa shape index (κ3) is 4.23. The number of ketones is 1. The summed E-state index contributed by atoms with van der Waals surface area (Å²) >= 11 is 0. The summed E-state index contributed by atoms with van der Waals surface area (Å²) in [6.45, 7) is 1.93. The number of hydrogen-bond acceptors (Lipinski definition) is 2. The molecular weight excluding hydrogens is 236 g/mol. The summed E-state index contributed by atoms with van der Waals surface area (Å²) < 4.78 is 0. The summed E-state index contributed by atoms with van der Waals surface area (Å²) in [5.41, 5.74) is 1.73. The molecule has 0 bridgehead atoms. The number of benzene rings is 1. The summed E-state index contributed by atoms with van der Waals surface area (Å²) in [7, 11) is 0. The van der Waals surface area contributed by atoms with Gasteiger partial charge in [0.25, 0.3) is 0 Å². The molecule has 1 N–H and O–H groups in total. The molecule has 2 nitrogen and oxygen atoms in total. The molecule has 0 amide bonds. The van der Waals surface area contributed by atoms with E-state index in [1.165, 1.54) is 32.1 Å². The normalized spacial score (nSPS) is 16.9.